The van der Waals surface area contributed by atoms with Gasteiger partial charge in [0.05, 0.1) is 0 Å². The smallest absolute Gasteiger partial charge is 0.0456 e. The monoisotopic (exact) mass is 128 g/mol. The van der Waals surface area contributed by atoms with E-state index in [0.717, 1.165) is 0 Å². The highest BCUT2D eigenvalue weighted by molar-refractivity contribution is 4.89. The molecule has 0 heterocycles. The second-order valence-electron chi connectivity index (χ2n) is 3.80. The Hall–Kier alpha value is -0.0400. The van der Waals surface area contributed by atoms with Crippen molar-refractivity contribution in [3.8, 4) is 0 Å². The van der Waals surface area contributed by atoms with Gasteiger partial charge in [-0.1, -0.05) is 13.8 Å². The van der Waals surface area contributed by atoms with Crippen LogP contribution >= 0.6 is 0 Å². The maximum atomic E-state index is 8.73. The highest BCUT2D eigenvalue weighted by Gasteiger charge is 2.37. The fraction of sp³-hybridized carbons (Fsp3) is 1.00. The van der Waals surface area contributed by atoms with Crippen molar-refractivity contribution in [2.45, 2.75) is 33.1 Å². The lowest BCUT2D eigenvalue weighted by Crippen LogP contribution is -2.06. The van der Waals surface area contributed by atoms with Gasteiger partial charge in [0.1, 0.15) is 0 Å². The zero-order valence-corrected chi connectivity index (χ0v) is 6.35. The summed E-state index contributed by atoms with van der Waals surface area (Å²) in [6.45, 7) is 4.78. The van der Waals surface area contributed by atoms with E-state index in [1.165, 1.54) is 19.3 Å². The van der Waals surface area contributed by atoms with Crippen molar-refractivity contribution in [2.24, 2.45) is 11.3 Å². The van der Waals surface area contributed by atoms with E-state index in [1.807, 2.05) is 0 Å². The summed E-state index contributed by atoms with van der Waals surface area (Å²) in [5, 5.41) is 8.73. The van der Waals surface area contributed by atoms with Gasteiger partial charge in [0.2, 0.25) is 0 Å². The zero-order valence-electron chi connectivity index (χ0n) is 6.35. The summed E-state index contributed by atoms with van der Waals surface area (Å²) in [4.78, 5) is 0. The van der Waals surface area contributed by atoms with Crippen molar-refractivity contribution >= 4 is 0 Å². The second-order valence-corrected chi connectivity index (χ2v) is 3.80. The molecule has 0 aromatic heterocycles. The van der Waals surface area contributed by atoms with Crippen LogP contribution in [0.3, 0.4) is 0 Å². The largest absolute Gasteiger partial charge is 0.396 e. The number of aliphatic hydroxyl groups excluding tert-OH is 1. The molecule has 1 heteroatoms. The summed E-state index contributed by atoms with van der Waals surface area (Å²) in [6, 6.07) is 0. The normalized spacial score (nSPS) is 25.7. The molecule has 1 unspecified atom stereocenters. The molecule has 1 aliphatic rings. The average molecular weight is 128 g/mol. The molecule has 0 saturated heterocycles. The minimum absolute atomic E-state index is 0.357. The van der Waals surface area contributed by atoms with Crippen LogP contribution in [0.15, 0.2) is 0 Å². The standard InChI is InChI=1S/C8H16O/c1-7(6-9)5-8(2)3-4-8/h7,9H,3-6H2,1-2H3. The van der Waals surface area contributed by atoms with Crippen LogP contribution in [0.4, 0.5) is 0 Å². The second kappa shape index (κ2) is 2.30. The SMILES string of the molecule is CC(CO)CC1(C)CC1. The molecule has 1 nitrogen and oxygen atoms in total. The van der Waals surface area contributed by atoms with Crippen molar-refractivity contribution in [3.05, 3.63) is 0 Å². The van der Waals surface area contributed by atoms with Crippen molar-refractivity contribution < 1.29 is 5.11 Å². The predicted octanol–water partition coefficient (Wildman–Crippen LogP) is 1.80. The van der Waals surface area contributed by atoms with Gasteiger partial charge in [0, 0.05) is 6.61 Å². The third-order valence-corrected chi connectivity index (χ3v) is 2.26. The highest BCUT2D eigenvalue weighted by Crippen LogP contribution is 2.49. The van der Waals surface area contributed by atoms with Gasteiger partial charge in [-0.3, -0.25) is 0 Å². The van der Waals surface area contributed by atoms with E-state index in [-0.39, 0.29) is 0 Å². The number of aliphatic hydroxyl groups is 1. The summed E-state index contributed by atoms with van der Waals surface area (Å²) >= 11 is 0. The third-order valence-electron chi connectivity index (χ3n) is 2.26. The highest BCUT2D eigenvalue weighted by atomic mass is 16.3. The Labute approximate surface area is 57.1 Å². The number of hydrogen-bond donors (Lipinski definition) is 1. The van der Waals surface area contributed by atoms with Crippen LogP contribution in [0.2, 0.25) is 0 Å². The van der Waals surface area contributed by atoms with Gasteiger partial charge in [-0.25, -0.2) is 0 Å². The molecule has 1 rings (SSSR count). The Balaban J connectivity index is 2.17. The van der Waals surface area contributed by atoms with Crippen LogP contribution in [0.25, 0.3) is 0 Å². The van der Waals surface area contributed by atoms with E-state index in [1.54, 1.807) is 0 Å². The third kappa shape index (κ3) is 1.98. The van der Waals surface area contributed by atoms with Crippen LogP contribution in [0.5, 0.6) is 0 Å². The fourth-order valence-electron chi connectivity index (χ4n) is 1.32. The van der Waals surface area contributed by atoms with Crippen LogP contribution in [0.1, 0.15) is 33.1 Å². The molecule has 0 aromatic carbocycles. The van der Waals surface area contributed by atoms with Gasteiger partial charge in [-0.05, 0) is 30.6 Å². The minimum atomic E-state index is 0.357. The Morgan fingerprint density at radius 1 is 1.56 bits per heavy atom. The van der Waals surface area contributed by atoms with E-state index in [0.29, 0.717) is 17.9 Å². The Bertz CT molecular complexity index is 94.7. The van der Waals surface area contributed by atoms with Gasteiger partial charge in [-0.15, -0.1) is 0 Å². The topological polar surface area (TPSA) is 20.2 Å². The summed E-state index contributed by atoms with van der Waals surface area (Å²) in [5.41, 5.74) is 0.613. The van der Waals surface area contributed by atoms with E-state index in [4.69, 9.17) is 5.11 Å². The molecule has 1 fully saturated rings. The van der Waals surface area contributed by atoms with Crippen molar-refractivity contribution in [2.75, 3.05) is 6.61 Å². The van der Waals surface area contributed by atoms with Crippen LogP contribution < -0.4 is 0 Å². The molecule has 1 saturated carbocycles. The molecule has 0 aliphatic heterocycles. The molecular formula is C8H16O. The molecule has 0 spiro atoms. The summed E-state index contributed by atoms with van der Waals surface area (Å²) in [7, 11) is 0. The van der Waals surface area contributed by atoms with Crippen LogP contribution in [-0.4, -0.2) is 11.7 Å². The average Bonchev–Trinajstić information content (AvgIpc) is 2.48. The number of hydrogen-bond acceptors (Lipinski definition) is 1. The van der Waals surface area contributed by atoms with E-state index >= 15 is 0 Å². The lowest BCUT2D eigenvalue weighted by atomic mass is 9.96. The Kier molecular flexibility index (Phi) is 1.80. The molecule has 9 heavy (non-hydrogen) atoms. The summed E-state index contributed by atoms with van der Waals surface area (Å²) in [6.07, 6.45) is 3.96. The molecule has 0 bridgehead atoms. The molecule has 0 amide bonds. The van der Waals surface area contributed by atoms with E-state index < -0.39 is 0 Å². The molecule has 0 aromatic rings. The van der Waals surface area contributed by atoms with Gasteiger partial charge in [-0.2, -0.15) is 0 Å². The zero-order chi connectivity index (χ0) is 6.91. The van der Waals surface area contributed by atoms with E-state index in [9.17, 15) is 0 Å². The van der Waals surface area contributed by atoms with Crippen LogP contribution in [-0.2, 0) is 0 Å². The van der Waals surface area contributed by atoms with Crippen molar-refractivity contribution in [1.82, 2.24) is 0 Å². The number of rotatable bonds is 3. The lowest BCUT2D eigenvalue weighted by Gasteiger charge is -2.12. The first-order valence-electron chi connectivity index (χ1n) is 3.77. The van der Waals surface area contributed by atoms with Crippen molar-refractivity contribution in [1.29, 1.82) is 0 Å². The Morgan fingerprint density at radius 2 is 2.11 bits per heavy atom. The van der Waals surface area contributed by atoms with Gasteiger partial charge < -0.3 is 5.11 Å². The molecule has 1 aliphatic carbocycles. The molecule has 54 valence electrons. The van der Waals surface area contributed by atoms with Gasteiger partial charge in [0.25, 0.3) is 0 Å². The fourth-order valence-corrected chi connectivity index (χ4v) is 1.32. The van der Waals surface area contributed by atoms with E-state index in [2.05, 4.69) is 13.8 Å². The first kappa shape index (κ1) is 7.07. The van der Waals surface area contributed by atoms with Crippen molar-refractivity contribution in [3.63, 3.8) is 0 Å². The van der Waals surface area contributed by atoms with Crippen LogP contribution in [0, 0.1) is 11.3 Å². The summed E-state index contributed by atoms with van der Waals surface area (Å²) in [5.74, 6) is 0.512. The molecule has 0 radical (unpaired) electrons. The maximum absolute atomic E-state index is 8.73. The minimum Gasteiger partial charge on any atom is -0.396 e. The predicted molar refractivity (Wildman–Crippen MR) is 38.2 cm³/mol. The summed E-state index contributed by atoms with van der Waals surface area (Å²) < 4.78 is 0. The first-order valence-corrected chi connectivity index (χ1v) is 3.77. The Morgan fingerprint density at radius 3 is 2.44 bits per heavy atom. The molecular weight excluding hydrogens is 112 g/mol. The van der Waals surface area contributed by atoms with Gasteiger partial charge in [0.15, 0.2) is 0 Å². The maximum Gasteiger partial charge on any atom is 0.0456 e. The first-order chi connectivity index (χ1) is 4.16. The molecule has 1 atom stereocenters. The lowest BCUT2D eigenvalue weighted by molar-refractivity contribution is 0.211. The van der Waals surface area contributed by atoms with Gasteiger partial charge >= 0.3 is 0 Å². The quantitative estimate of drug-likeness (QED) is 0.614. The molecule has 1 N–H and O–H groups in total.